The number of fused-ring (bicyclic) bond motifs is 2. The van der Waals surface area contributed by atoms with Gasteiger partial charge in [0.25, 0.3) is 5.56 Å². The third kappa shape index (κ3) is 3.54. The number of nitrogens with one attached hydrogen (secondary N) is 1. The first-order valence-electron chi connectivity index (χ1n) is 11.1. The van der Waals surface area contributed by atoms with Gasteiger partial charge in [-0.1, -0.05) is 19.3 Å². The lowest BCUT2D eigenvalue weighted by Crippen LogP contribution is -2.36. The molecule has 2 aliphatic rings. The topological polar surface area (TPSA) is 63.1 Å². The highest BCUT2D eigenvalue weighted by Crippen LogP contribution is 2.31. The van der Waals surface area contributed by atoms with Crippen molar-refractivity contribution in [3.05, 3.63) is 57.4 Å². The van der Waals surface area contributed by atoms with Gasteiger partial charge in [0.2, 0.25) is 0 Å². The number of hydrogen-bond donors (Lipinski definition) is 1. The lowest BCUT2D eigenvalue weighted by atomic mass is 9.88. The average molecular weight is 407 g/mol. The van der Waals surface area contributed by atoms with Gasteiger partial charge in [0.1, 0.15) is 11.6 Å². The van der Waals surface area contributed by atoms with E-state index in [1.807, 2.05) is 6.07 Å². The van der Waals surface area contributed by atoms with E-state index in [9.17, 15) is 4.79 Å². The summed E-state index contributed by atoms with van der Waals surface area (Å²) < 4.78 is 7.58. The minimum atomic E-state index is 0.0601. The molecule has 0 atom stereocenters. The van der Waals surface area contributed by atoms with Crippen LogP contribution < -0.4 is 10.3 Å². The first-order valence-corrected chi connectivity index (χ1v) is 11.1. The first-order chi connectivity index (χ1) is 14.6. The monoisotopic (exact) mass is 406 g/mol. The number of benzene rings is 1. The fraction of sp³-hybridized carbons (Fsp3) is 0.500. The Bertz CT molecular complexity index is 1120. The second-order valence-corrected chi connectivity index (χ2v) is 8.82. The lowest BCUT2D eigenvalue weighted by Gasteiger charge is -2.28. The van der Waals surface area contributed by atoms with Gasteiger partial charge < -0.3 is 14.3 Å². The molecule has 1 fully saturated rings. The molecule has 1 N–H and O–H groups in total. The van der Waals surface area contributed by atoms with Crippen LogP contribution in [0.2, 0.25) is 0 Å². The summed E-state index contributed by atoms with van der Waals surface area (Å²) in [5, 5.41) is 1.21. The molecule has 3 heterocycles. The molecule has 6 nitrogen and oxygen atoms in total. The van der Waals surface area contributed by atoms with Crippen molar-refractivity contribution >= 4 is 10.9 Å². The standard InChI is InChI=1S/C24H30N4O2/c1-27-13-17(19-12-18(30-2)8-9-22(19)27)14-28-11-10-21-20(15-28)24(29)26-23(25-21)16-6-4-3-5-7-16/h8-9,12-13,16H,3-7,10-11,14-15H2,1-2H3,(H,25,26,29). The maximum atomic E-state index is 12.9. The van der Waals surface area contributed by atoms with Gasteiger partial charge in [-0.25, -0.2) is 4.98 Å². The van der Waals surface area contributed by atoms with Gasteiger partial charge in [-0.05, 0) is 36.6 Å². The van der Waals surface area contributed by atoms with Gasteiger partial charge in [-0.15, -0.1) is 0 Å². The van der Waals surface area contributed by atoms with E-state index in [1.54, 1.807) is 7.11 Å². The molecule has 0 bridgehead atoms. The molecule has 3 aromatic rings. The Morgan fingerprint density at radius 3 is 2.87 bits per heavy atom. The summed E-state index contributed by atoms with van der Waals surface area (Å²) in [5.41, 5.74) is 4.37. The van der Waals surface area contributed by atoms with E-state index in [0.29, 0.717) is 12.5 Å². The molecule has 0 spiro atoms. The smallest absolute Gasteiger partial charge is 0.255 e. The third-order valence-corrected chi connectivity index (χ3v) is 6.83. The second kappa shape index (κ2) is 7.91. The van der Waals surface area contributed by atoms with Crippen molar-refractivity contribution in [2.45, 2.75) is 57.5 Å². The Labute approximate surface area is 176 Å². The molecule has 30 heavy (non-hydrogen) atoms. The van der Waals surface area contributed by atoms with Crippen LogP contribution in [0.5, 0.6) is 5.75 Å². The summed E-state index contributed by atoms with van der Waals surface area (Å²) in [5.74, 6) is 2.23. The number of methoxy groups -OCH3 is 1. The van der Waals surface area contributed by atoms with Crippen LogP contribution in [-0.2, 0) is 26.6 Å². The Morgan fingerprint density at radius 2 is 2.07 bits per heavy atom. The van der Waals surface area contributed by atoms with E-state index in [1.165, 1.54) is 35.7 Å². The second-order valence-electron chi connectivity index (χ2n) is 8.82. The Hall–Kier alpha value is -2.60. The fourth-order valence-electron chi connectivity index (χ4n) is 5.15. The number of rotatable bonds is 4. The quantitative estimate of drug-likeness (QED) is 0.714. The van der Waals surface area contributed by atoms with Crippen molar-refractivity contribution in [1.29, 1.82) is 0 Å². The molecular weight excluding hydrogens is 376 g/mol. The summed E-state index contributed by atoms with van der Waals surface area (Å²) in [7, 11) is 3.78. The maximum absolute atomic E-state index is 12.9. The van der Waals surface area contributed by atoms with Gasteiger partial charge in [0, 0.05) is 56.1 Å². The predicted molar refractivity (Wildman–Crippen MR) is 118 cm³/mol. The van der Waals surface area contributed by atoms with E-state index in [4.69, 9.17) is 9.72 Å². The molecule has 6 heteroatoms. The number of hydrogen-bond acceptors (Lipinski definition) is 4. The Morgan fingerprint density at radius 1 is 1.23 bits per heavy atom. The number of aromatic nitrogens is 3. The zero-order valence-corrected chi connectivity index (χ0v) is 17.9. The number of aryl methyl sites for hydroxylation is 1. The number of H-pyrrole nitrogens is 1. The van der Waals surface area contributed by atoms with Crippen molar-refractivity contribution in [2.24, 2.45) is 7.05 Å². The van der Waals surface area contributed by atoms with Gasteiger partial charge in [-0.2, -0.15) is 0 Å². The molecule has 0 unspecified atom stereocenters. The third-order valence-electron chi connectivity index (χ3n) is 6.83. The minimum Gasteiger partial charge on any atom is -0.497 e. The molecule has 1 aliphatic heterocycles. The van der Waals surface area contributed by atoms with Crippen LogP contribution in [0.3, 0.4) is 0 Å². The summed E-state index contributed by atoms with van der Waals surface area (Å²) in [4.78, 5) is 23.3. The molecule has 2 aromatic heterocycles. The first kappa shape index (κ1) is 19.4. The summed E-state index contributed by atoms with van der Waals surface area (Å²) in [6, 6.07) is 6.20. The van der Waals surface area contributed by atoms with Gasteiger partial charge in [-0.3, -0.25) is 9.69 Å². The van der Waals surface area contributed by atoms with Crippen molar-refractivity contribution in [3.8, 4) is 5.75 Å². The molecule has 1 aliphatic carbocycles. The van der Waals surface area contributed by atoms with E-state index in [2.05, 4.69) is 39.8 Å². The molecule has 1 saturated carbocycles. The summed E-state index contributed by atoms with van der Waals surface area (Å²) >= 11 is 0. The van der Waals surface area contributed by atoms with Crippen molar-refractivity contribution < 1.29 is 4.74 Å². The predicted octanol–water partition coefficient (Wildman–Crippen LogP) is 3.88. The molecular formula is C24H30N4O2. The molecule has 0 saturated heterocycles. The van der Waals surface area contributed by atoms with Crippen LogP contribution in [-0.4, -0.2) is 33.1 Å². The highest BCUT2D eigenvalue weighted by Gasteiger charge is 2.25. The minimum absolute atomic E-state index is 0.0601. The molecule has 0 amide bonds. The molecule has 0 radical (unpaired) electrons. The fourth-order valence-corrected chi connectivity index (χ4v) is 5.15. The Balaban J connectivity index is 1.39. The summed E-state index contributed by atoms with van der Waals surface area (Å²) in [6.45, 7) is 2.39. The van der Waals surface area contributed by atoms with Crippen molar-refractivity contribution in [3.63, 3.8) is 0 Å². The zero-order valence-electron chi connectivity index (χ0n) is 17.9. The van der Waals surface area contributed by atoms with Crippen LogP contribution in [0.15, 0.2) is 29.2 Å². The van der Waals surface area contributed by atoms with Gasteiger partial charge in [0.05, 0.1) is 18.4 Å². The SMILES string of the molecule is COc1ccc2c(c1)c(CN1CCc3nc(C4CCCCC4)[nH]c(=O)c3C1)cn2C. The number of ether oxygens (including phenoxy) is 1. The van der Waals surface area contributed by atoms with Gasteiger partial charge in [0.15, 0.2) is 0 Å². The highest BCUT2D eigenvalue weighted by molar-refractivity contribution is 5.85. The van der Waals surface area contributed by atoms with Crippen LogP contribution in [0, 0.1) is 0 Å². The van der Waals surface area contributed by atoms with Crippen LogP contribution >= 0.6 is 0 Å². The highest BCUT2D eigenvalue weighted by atomic mass is 16.5. The van der Waals surface area contributed by atoms with Crippen molar-refractivity contribution in [1.82, 2.24) is 19.4 Å². The van der Waals surface area contributed by atoms with Crippen LogP contribution in [0.25, 0.3) is 10.9 Å². The van der Waals surface area contributed by atoms with Crippen molar-refractivity contribution in [2.75, 3.05) is 13.7 Å². The number of nitrogens with zero attached hydrogens (tertiary/aromatic N) is 3. The Kier molecular flexibility index (Phi) is 5.11. The average Bonchev–Trinajstić information content (AvgIpc) is 3.09. The maximum Gasteiger partial charge on any atom is 0.255 e. The van der Waals surface area contributed by atoms with E-state index in [0.717, 1.165) is 55.2 Å². The van der Waals surface area contributed by atoms with E-state index in [-0.39, 0.29) is 5.56 Å². The molecule has 1 aromatic carbocycles. The molecule has 158 valence electrons. The van der Waals surface area contributed by atoms with Crippen LogP contribution in [0.1, 0.15) is 60.7 Å². The number of aromatic amines is 1. The van der Waals surface area contributed by atoms with E-state index < -0.39 is 0 Å². The lowest BCUT2D eigenvalue weighted by molar-refractivity contribution is 0.241. The van der Waals surface area contributed by atoms with Gasteiger partial charge >= 0.3 is 0 Å². The normalized spacial score (nSPS) is 17.9. The zero-order chi connectivity index (χ0) is 20.7. The largest absolute Gasteiger partial charge is 0.497 e. The summed E-state index contributed by atoms with van der Waals surface area (Å²) in [6.07, 6.45) is 9.13. The van der Waals surface area contributed by atoms with Crippen LogP contribution in [0.4, 0.5) is 0 Å². The van der Waals surface area contributed by atoms with E-state index >= 15 is 0 Å². The molecule has 5 rings (SSSR count).